The SMILES string of the molecule is CCOc1ccc(C(C)=O)cc1Cn1cnc2scc(-c3ccc(C)cc3)c2c1=O. The second kappa shape index (κ2) is 8.24. The highest BCUT2D eigenvalue weighted by Crippen LogP contribution is 2.31. The summed E-state index contributed by atoms with van der Waals surface area (Å²) in [7, 11) is 0. The van der Waals surface area contributed by atoms with Gasteiger partial charge >= 0.3 is 0 Å². The predicted molar refractivity (Wildman–Crippen MR) is 121 cm³/mol. The Kier molecular flexibility index (Phi) is 5.50. The van der Waals surface area contributed by atoms with Crippen LogP contribution in [0, 0.1) is 6.92 Å². The van der Waals surface area contributed by atoms with E-state index in [1.807, 2.05) is 43.5 Å². The Morgan fingerprint density at radius 1 is 1.17 bits per heavy atom. The molecule has 2 aromatic heterocycles. The number of Topliss-reactive ketones (excluding diaryl/α,β-unsaturated/α-hetero) is 1. The Hall–Kier alpha value is -3.25. The fourth-order valence-corrected chi connectivity index (χ4v) is 4.33. The van der Waals surface area contributed by atoms with Gasteiger partial charge in [-0.2, -0.15) is 0 Å². The summed E-state index contributed by atoms with van der Waals surface area (Å²) in [5, 5.41) is 2.60. The molecule has 0 unspecified atom stereocenters. The zero-order chi connectivity index (χ0) is 21.3. The quantitative estimate of drug-likeness (QED) is 0.410. The maximum atomic E-state index is 13.4. The molecule has 0 aliphatic heterocycles. The number of fused-ring (bicyclic) bond motifs is 1. The number of rotatable bonds is 6. The molecule has 4 aromatic rings. The molecule has 0 N–H and O–H groups in total. The highest BCUT2D eigenvalue weighted by Gasteiger charge is 2.15. The van der Waals surface area contributed by atoms with E-state index in [9.17, 15) is 9.59 Å². The van der Waals surface area contributed by atoms with Crippen molar-refractivity contribution >= 4 is 27.3 Å². The lowest BCUT2D eigenvalue weighted by atomic mass is 10.0. The lowest BCUT2D eigenvalue weighted by molar-refractivity contribution is 0.101. The number of carbonyl (C=O) groups is 1. The van der Waals surface area contributed by atoms with Gasteiger partial charge in [0.1, 0.15) is 10.6 Å². The van der Waals surface area contributed by atoms with E-state index in [0.29, 0.717) is 28.1 Å². The van der Waals surface area contributed by atoms with Crippen molar-refractivity contribution in [2.45, 2.75) is 27.3 Å². The van der Waals surface area contributed by atoms with Crippen molar-refractivity contribution in [1.29, 1.82) is 0 Å². The van der Waals surface area contributed by atoms with Gasteiger partial charge in [-0.05, 0) is 44.5 Å². The van der Waals surface area contributed by atoms with Crippen molar-refractivity contribution in [3.05, 3.63) is 81.2 Å². The number of aryl methyl sites for hydroxylation is 1. The van der Waals surface area contributed by atoms with Crippen LogP contribution in [0.2, 0.25) is 0 Å². The maximum Gasteiger partial charge on any atom is 0.263 e. The van der Waals surface area contributed by atoms with E-state index in [2.05, 4.69) is 4.98 Å². The van der Waals surface area contributed by atoms with Crippen LogP contribution in [0.4, 0.5) is 0 Å². The number of hydrogen-bond acceptors (Lipinski definition) is 5. The minimum atomic E-state index is -0.104. The molecule has 2 heterocycles. The average molecular weight is 419 g/mol. The molecular weight excluding hydrogens is 396 g/mol. The van der Waals surface area contributed by atoms with Gasteiger partial charge < -0.3 is 4.74 Å². The molecule has 0 fully saturated rings. The van der Waals surface area contributed by atoms with Crippen molar-refractivity contribution < 1.29 is 9.53 Å². The Morgan fingerprint density at radius 2 is 1.93 bits per heavy atom. The van der Waals surface area contributed by atoms with Crippen LogP contribution in [-0.4, -0.2) is 21.9 Å². The molecule has 0 bridgehead atoms. The smallest absolute Gasteiger partial charge is 0.263 e. The van der Waals surface area contributed by atoms with Gasteiger partial charge in [0, 0.05) is 22.1 Å². The van der Waals surface area contributed by atoms with Gasteiger partial charge in [-0.25, -0.2) is 4.98 Å². The first kappa shape index (κ1) is 20.0. The summed E-state index contributed by atoms with van der Waals surface area (Å²) in [6, 6.07) is 13.4. The Balaban J connectivity index is 1.81. The van der Waals surface area contributed by atoms with Crippen molar-refractivity contribution in [1.82, 2.24) is 9.55 Å². The first-order valence-corrected chi connectivity index (χ1v) is 10.7. The maximum absolute atomic E-state index is 13.4. The average Bonchev–Trinajstić information content (AvgIpc) is 3.17. The highest BCUT2D eigenvalue weighted by molar-refractivity contribution is 7.17. The largest absolute Gasteiger partial charge is 0.494 e. The monoisotopic (exact) mass is 418 g/mol. The molecule has 0 aliphatic carbocycles. The van der Waals surface area contributed by atoms with Crippen LogP contribution in [0.3, 0.4) is 0 Å². The lowest BCUT2D eigenvalue weighted by Crippen LogP contribution is -2.21. The minimum absolute atomic E-state index is 0.0280. The number of benzene rings is 2. The van der Waals surface area contributed by atoms with E-state index in [1.165, 1.54) is 23.8 Å². The van der Waals surface area contributed by atoms with Gasteiger partial charge in [-0.15, -0.1) is 11.3 Å². The van der Waals surface area contributed by atoms with Gasteiger partial charge in [0.25, 0.3) is 5.56 Å². The summed E-state index contributed by atoms with van der Waals surface area (Å²) in [6.45, 7) is 6.25. The molecule has 30 heavy (non-hydrogen) atoms. The zero-order valence-corrected chi connectivity index (χ0v) is 18.0. The van der Waals surface area contributed by atoms with Gasteiger partial charge in [-0.3, -0.25) is 14.2 Å². The normalized spacial score (nSPS) is 11.0. The minimum Gasteiger partial charge on any atom is -0.494 e. The highest BCUT2D eigenvalue weighted by atomic mass is 32.1. The predicted octanol–water partition coefficient (Wildman–Crippen LogP) is 5.08. The molecule has 0 amide bonds. The summed E-state index contributed by atoms with van der Waals surface area (Å²) >= 11 is 1.47. The Bertz CT molecular complexity index is 1290. The second-order valence-electron chi connectivity index (χ2n) is 7.18. The van der Waals surface area contributed by atoms with Crippen molar-refractivity contribution in [2.24, 2.45) is 0 Å². The molecule has 2 aromatic carbocycles. The van der Waals surface area contributed by atoms with Crippen LogP contribution in [0.15, 0.2) is 59.0 Å². The van der Waals surface area contributed by atoms with E-state index in [1.54, 1.807) is 29.1 Å². The summed E-state index contributed by atoms with van der Waals surface area (Å²) in [5.74, 6) is 0.637. The van der Waals surface area contributed by atoms with Crippen molar-refractivity contribution in [3.63, 3.8) is 0 Å². The fourth-order valence-electron chi connectivity index (χ4n) is 3.43. The number of hydrogen-bond donors (Lipinski definition) is 0. The molecule has 4 rings (SSSR count). The van der Waals surface area contributed by atoms with Crippen LogP contribution in [0.1, 0.15) is 35.3 Å². The number of ketones is 1. The third kappa shape index (κ3) is 3.78. The van der Waals surface area contributed by atoms with E-state index in [0.717, 1.165) is 16.7 Å². The van der Waals surface area contributed by atoms with Gasteiger partial charge in [0.2, 0.25) is 0 Å². The van der Waals surface area contributed by atoms with Crippen LogP contribution in [0.25, 0.3) is 21.3 Å². The fraction of sp³-hybridized carbons (Fsp3) is 0.208. The Morgan fingerprint density at radius 3 is 2.63 bits per heavy atom. The first-order valence-electron chi connectivity index (χ1n) is 9.78. The molecule has 0 radical (unpaired) electrons. The van der Waals surface area contributed by atoms with E-state index < -0.39 is 0 Å². The van der Waals surface area contributed by atoms with Gasteiger partial charge in [-0.1, -0.05) is 29.8 Å². The Labute approximate surface area is 178 Å². The second-order valence-corrected chi connectivity index (χ2v) is 8.04. The van der Waals surface area contributed by atoms with Gasteiger partial charge in [0.15, 0.2) is 5.78 Å². The molecule has 152 valence electrons. The zero-order valence-electron chi connectivity index (χ0n) is 17.1. The molecule has 5 nitrogen and oxygen atoms in total. The number of carbonyl (C=O) groups excluding carboxylic acids is 1. The van der Waals surface area contributed by atoms with Crippen LogP contribution < -0.4 is 10.3 Å². The third-order valence-corrected chi connectivity index (χ3v) is 5.92. The lowest BCUT2D eigenvalue weighted by Gasteiger charge is -2.13. The van der Waals surface area contributed by atoms with E-state index in [-0.39, 0.29) is 17.9 Å². The molecule has 0 saturated carbocycles. The summed E-state index contributed by atoms with van der Waals surface area (Å²) in [4.78, 5) is 30.4. The number of thiophene rings is 1. The van der Waals surface area contributed by atoms with E-state index in [4.69, 9.17) is 4.74 Å². The third-order valence-electron chi connectivity index (χ3n) is 5.03. The topological polar surface area (TPSA) is 61.2 Å². The molecule has 0 saturated heterocycles. The first-order chi connectivity index (χ1) is 14.5. The molecule has 0 atom stereocenters. The molecule has 0 aliphatic rings. The number of aromatic nitrogens is 2. The van der Waals surface area contributed by atoms with Crippen LogP contribution in [-0.2, 0) is 6.54 Å². The van der Waals surface area contributed by atoms with Crippen molar-refractivity contribution in [2.75, 3.05) is 6.61 Å². The van der Waals surface area contributed by atoms with Crippen LogP contribution in [0.5, 0.6) is 5.75 Å². The summed E-state index contributed by atoms with van der Waals surface area (Å²) in [5.41, 5.74) is 4.32. The number of nitrogens with zero attached hydrogens (tertiary/aromatic N) is 2. The summed E-state index contributed by atoms with van der Waals surface area (Å²) in [6.07, 6.45) is 1.57. The molecule has 6 heteroatoms. The number of ether oxygens (including phenoxy) is 1. The molecule has 0 spiro atoms. The van der Waals surface area contributed by atoms with Gasteiger partial charge in [0.05, 0.1) is 24.9 Å². The standard InChI is InChI=1S/C24H22N2O3S/c1-4-29-21-10-9-18(16(3)27)11-19(21)12-26-14-25-23-22(24(26)28)20(13-30-23)17-7-5-15(2)6-8-17/h5-11,13-14H,4,12H2,1-3H3. The summed E-state index contributed by atoms with van der Waals surface area (Å²) < 4.78 is 7.29. The molecular formula is C24H22N2O3S. The van der Waals surface area contributed by atoms with E-state index >= 15 is 0 Å². The van der Waals surface area contributed by atoms with Crippen LogP contribution >= 0.6 is 11.3 Å². The van der Waals surface area contributed by atoms with Crippen molar-refractivity contribution in [3.8, 4) is 16.9 Å².